The van der Waals surface area contributed by atoms with Crippen LogP contribution in [0.15, 0.2) is 33.9 Å². The van der Waals surface area contributed by atoms with Gasteiger partial charge in [0.05, 0.1) is 5.60 Å². The van der Waals surface area contributed by atoms with Crippen molar-refractivity contribution in [1.82, 2.24) is 10.2 Å². The Kier molecular flexibility index (Phi) is 4.83. The number of aromatic nitrogens is 2. The van der Waals surface area contributed by atoms with Crippen LogP contribution in [0.5, 0.6) is 0 Å². The Balaban J connectivity index is 2.04. The van der Waals surface area contributed by atoms with Crippen LogP contribution >= 0.6 is 11.8 Å². The van der Waals surface area contributed by atoms with Gasteiger partial charge in [0.2, 0.25) is 5.89 Å². The first-order valence-corrected chi connectivity index (χ1v) is 7.80. The molecule has 0 saturated carbocycles. The Labute approximate surface area is 123 Å². The Bertz CT molecular complexity index is 547. The minimum Gasteiger partial charge on any atom is -0.411 e. The third kappa shape index (κ3) is 3.61. The molecule has 0 bridgehead atoms. The van der Waals surface area contributed by atoms with Gasteiger partial charge in [-0.25, -0.2) is 0 Å². The molecular formula is C15H20N2O2S. The topological polar surface area (TPSA) is 59.2 Å². The zero-order chi connectivity index (χ0) is 14.6. The summed E-state index contributed by atoms with van der Waals surface area (Å²) < 4.78 is 5.62. The van der Waals surface area contributed by atoms with Crippen molar-refractivity contribution < 1.29 is 9.52 Å². The number of rotatable bonds is 6. The number of aliphatic hydroxyl groups is 1. The first-order chi connectivity index (χ1) is 9.56. The van der Waals surface area contributed by atoms with Crippen LogP contribution < -0.4 is 0 Å². The SMILES string of the molecule is CCC(O)(CC)CSc1nnc(-c2ccc(C)cc2)o1. The highest BCUT2D eigenvalue weighted by Crippen LogP contribution is 2.28. The second-order valence-corrected chi connectivity index (χ2v) is 5.89. The predicted molar refractivity (Wildman–Crippen MR) is 80.7 cm³/mol. The molecule has 2 rings (SSSR count). The first kappa shape index (κ1) is 15.1. The molecule has 1 heterocycles. The fraction of sp³-hybridized carbons (Fsp3) is 0.467. The summed E-state index contributed by atoms with van der Waals surface area (Å²) in [5, 5.41) is 18.8. The average molecular weight is 292 g/mol. The van der Waals surface area contributed by atoms with Gasteiger partial charge in [-0.1, -0.05) is 43.3 Å². The van der Waals surface area contributed by atoms with Crippen LogP contribution in [0.1, 0.15) is 32.3 Å². The van der Waals surface area contributed by atoms with E-state index >= 15 is 0 Å². The van der Waals surface area contributed by atoms with Gasteiger partial charge in [-0.05, 0) is 31.9 Å². The van der Waals surface area contributed by atoms with Crippen molar-refractivity contribution in [3.05, 3.63) is 29.8 Å². The highest BCUT2D eigenvalue weighted by Gasteiger charge is 2.23. The van der Waals surface area contributed by atoms with E-state index in [1.54, 1.807) is 0 Å². The summed E-state index contributed by atoms with van der Waals surface area (Å²) in [7, 11) is 0. The zero-order valence-electron chi connectivity index (χ0n) is 12.1. The van der Waals surface area contributed by atoms with Gasteiger partial charge in [-0.2, -0.15) is 0 Å². The van der Waals surface area contributed by atoms with E-state index < -0.39 is 5.60 Å². The zero-order valence-corrected chi connectivity index (χ0v) is 12.9. The van der Waals surface area contributed by atoms with E-state index in [4.69, 9.17) is 4.42 Å². The molecule has 0 spiro atoms. The van der Waals surface area contributed by atoms with Gasteiger partial charge in [0.15, 0.2) is 0 Å². The van der Waals surface area contributed by atoms with Crippen LogP contribution in [-0.2, 0) is 0 Å². The summed E-state index contributed by atoms with van der Waals surface area (Å²) in [5.41, 5.74) is 1.44. The smallest absolute Gasteiger partial charge is 0.276 e. The van der Waals surface area contributed by atoms with Crippen molar-refractivity contribution in [2.45, 2.75) is 44.4 Å². The molecule has 0 aliphatic rings. The second-order valence-electron chi connectivity index (χ2n) is 4.96. The standard InChI is InChI=1S/C15H20N2O2S/c1-4-15(18,5-2)10-20-14-17-16-13(19-14)12-8-6-11(3)7-9-12/h6-9,18H,4-5,10H2,1-3H3. The van der Waals surface area contributed by atoms with E-state index in [-0.39, 0.29) is 0 Å². The van der Waals surface area contributed by atoms with E-state index in [2.05, 4.69) is 10.2 Å². The van der Waals surface area contributed by atoms with Gasteiger partial charge >= 0.3 is 0 Å². The number of hydrogen-bond acceptors (Lipinski definition) is 5. The Hall–Kier alpha value is -1.33. The molecule has 0 fully saturated rings. The van der Waals surface area contributed by atoms with E-state index in [0.717, 1.165) is 18.4 Å². The predicted octanol–water partition coefficient (Wildman–Crippen LogP) is 3.69. The van der Waals surface area contributed by atoms with Crippen LogP contribution in [0, 0.1) is 6.92 Å². The summed E-state index contributed by atoms with van der Waals surface area (Å²) in [6, 6.07) is 7.95. The lowest BCUT2D eigenvalue weighted by molar-refractivity contribution is 0.0570. The fourth-order valence-corrected chi connectivity index (χ4v) is 2.77. The number of thioether (sulfide) groups is 1. The summed E-state index contributed by atoms with van der Waals surface area (Å²) in [6.45, 7) is 6.00. The van der Waals surface area contributed by atoms with Crippen molar-refractivity contribution in [1.29, 1.82) is 0 Å². The highest BCUT2D eigenvalue weighted by atomic mass is 32.2. The molecule has 108 valence electrons. The first-order valence-electron chi connectivity index (χ1n) is 6.82. The molecule has 1 aromatic carbocycles. The molecule has 0 radical (unpaired) electrons. The van der Waals surface area contributed by atoms with Crippen molar-refractivity contribution in [2.75, 3.05) is 5.75 Å². The van der Waals surface area contributed by atoms with E-state index in [1.165, 1.54) is 17.3 Å². The lowest BCUT2D eigenvalue weighted by atomic mass is 10.0. The molecule has 1 aromatic heterocycles. The minimum atomic E-state index is -0.664. The summed E-state index contributed by atoms with van der Waals surface area (Å²) >= 11 is 1.40. The van der Waals surface area contributed by atoms with Crippen LogP contribution in [0.2, 0.25) is 0 Å². The monoisotopic (exact) mass is 292 g/mol. The maximum atomic E-state index is 10.2. The molecule has 0 unspecified atom stereocenters. The van der Waals surface area contributed by atoms with Gasteiger partial charge in [-0.15, -0.1) is 10.2 Å². The Morgan fingerprint density at radius 3 is 2.40 bits per heavy atom. The van der Waals surface area contributed by atoms with Gasteiger partial charge in [0, 0.05) is 11.3 Å². The maximum absolute atomic E-state index is 10.2. The minimum absolute atomic E-state index is 0.501. The van der Waals surface area contributed by atoms with Crippen LogP contribution in [0.25, 0.3) is 11.5 Å². The lowest BCUT2D eigenvalue weighted by Gasteiger charge is -2.23. The Morgan fingerprint density at radius 2 is 1.80 bits per heavy atom. The number of nitrogens with zero attached hydrogens (tertiary/aromatic N) is 2. The number of benzene rings is 1. The third-order valence-electron chi connectivity index (χ3n) is 3.49. The molecule has 0 atom stereocenters. The highest BCUT2D eigenvalue weighted by molar-refractivity contribution is 7.99. The maximum Gasteiger partial charge on any atom is 0.276 e. The molecule has 4 nitrogen and oxygen atoms in total. The molecule has 20 heavy (non-hydrogen) atoms. The molecular weight excluding hydrogens is 272 g/mol. The quantitative estimate of drug-likeness (QED) is 0.823. The average Bonchev–Trinajstić information content (AvgIpc) is 2.94. The molecule has 0 aliphatic heterocycles. The van der Waals surface area contributed by atoms with Crippen LogP contribution in [0.4, 0.5) is 0 Å². The van der Waals surface area contributed by atoms with Crippen LogP contribution in [-0.4, -0.2) is 26.7 Å². The Morgan fingerprint density at radius 1 is 1.15 bits per heavy atom. The van der Waals surface area contributed by atoms with E-state index in [9.17, 15) is 5.11 Å². The van der Waals surface area contributed by atoms with Gasteiger partial charge in [-0.3, -0.25) is 0 Å². The van der Waals surface area contributed by atoms with Crippen LogP contribution in [0.3, 0.4) is 0 Å². The lowest BCUT2D eigenvalue weighted by Crippen LogP contribution is -2.29. The number of hydrogen-bond donors (Lipinski definition) is 1. The van der Waals surface area contributed by atoms with Gasteiger partial charge < -0.3 is 9.52 Å². The second kappa shape index (κ2) is 6.41. The number of aryl methyl sites for hydroxylation is 1. The molecule has 0 amide bonds. The molecule has 2 aromatic rings. The van der Waals surface area contributed by atoms with Crippen molar-refractivity contribution in [3.8, 4) is 11.5 Å². The normalized spacial score (nSPS) is 11.8. The van der Waals surface area contributed by atoms with Crippen molar-refractivity contribution in [3.63, 3.8) is 0 Å². The summed E-state index contributed by atoms with van der Waals surface area (Å²) in [4.78, 5) is 0. The van der Waals surface area contributed by atoms with Crippen molar-refractivity contribution >= 4 is 11.8 Å². The van der Waals surface area contributed by atoms with Crippen molar-refractivity contribution in [2.24, 2.45) is 0 Å². The van der Waals surface area contributed by atoms with Gasteiger partial charge in [0.25, 0.3) is 5.22 Å². The largest absolute Gasteiger partial charge is 0.411 e. The molecule has 5 heteroatoms. The summed E-state index contributed by atoms with van der Waals surface area (Å²) in [5.74, 6) is 1.08. The van der Waals surface area contributed by atoms with E-state index in [1.807, 2.05) is 45.0 Å². The molecule has 1 N–H and O–H groups in total. The third-order valence-corrected chi connectivity index (χ3v) is 4.58. The van der Waals surface area contributed by atoms with E-state index in [0.29, 0.717) is 16.9 Å². The summed E-state index contributed by atoms with van der Waals surface area (Å²) in [6.07, 6.45) is 1.44. The van der Waals surface area contributed by atoms with Gasteiger partial charge in [0.1, 0.15) is 0 Å². The molecule has 0 saturated heterocycles. The fourth-order valence-electron chi connectivity index (χ4n) is 1.73. The molecule has 0 aliphatic carbocycles.